The summed E-state index contributed by atoms with van der Waals surface area (Å²) >= 11 is 6.04. The van der Waals surface area contributed by atoms with E-state index < -0.39 is 0 Å². The molecule has 19 heavy (non-hydrogen) atoms. The van der Waals surface area contributed by atoms with Crippen LogP contribution in [-0.4, -0.2) is 4.98 Å². The minimum atomic E-state index is 0.271. The molecule has 0 fully saturated rings. The lowest BCUT2D eigenvalue weighted by atomic mass is 9.93. The van der Waals surface area contributed by atoms with Crippen LogP contribution in [0.1, 0.15) is 23.7 Å². The van der Waals surface area contributed by atoms with E-state index in [1.54, 1.807) is 6.07 Å². The normalized spacial score (nSPS) is 10.2. The molecule has 0 unspecified atom stereocenters. The standard InChI is InChI=1S/C15H14ClN3/c1-3-12-9(2)19-15(18)13(8-17)14(12)10-5-4-6-11(16)7-10/h4-7H,3H2,1-2H3,(H2,18,19). The predicted molar refractivity (Wildman–Crippen MR) is 77.9 cm³/mol. The molecule has 96 valence electrons. The second-order valence-corrected chi connectivity index (χ2v) is 4.72. The SMILES string of the molecule is CCc1c(C)nc(N)c(C#N)c1-c1cccc(Cl)c1. The van der Waals surface area contributed by atoms with E-state index in [2.05, 4.69) is 11.1 Å². The number of hydrogen-bond acceptors (Lipinski definition) is 3. The predicted octanol–water partition coefficient (Wildman–Crippen LogP) is 3.73. The number of halogens is 1. The molecule has 0 saturated carbocycles. The second-order valence-electron chi connectivity index (χ2n) is 4.29. The number of nitrogen functional groups attached to an aromatic ring is 1. The van der Waals surface area contributed by atoms with Gasteiger partial charge in [0.25, 0.3) is 0 Å². The van der Waals surface area contributed by atoms with Crippen LogP contribution in [0.4, 0.5) is 5.82 Å². The molecule has 0 aliphatic rings. The summed E-state index contributed by atoms with van der Waals surface area (Å²) in [5, 5.41) is 9.97. The van der Waals surface area contributed by atoms with E-state index in [1.807, 2.05) is 32.0 Å². The number of rotatable bonds is 2. The summed E-state index contributed by atoms with van der Waals surface area (Å²) in [5.41, 5.74) is 9.92. The molecule has 0 radical (unpaired) electrons. The van der Waals surface area contributed by atoms with Gasteiger partial charge in [0.15, 0.2) is 0 Å². The Morgan fingerprint density at radius 3 is 2.74 bits per heavy atom. The fourth-order valence-electron chi connectivity index (χ4n) is 2.27. The molecule has 0 atom stereocenters. The van der Waals surface area contributed by atoms with Crippen LogP contribution in [0.3, 0.4) is 0 Å². The zero-order chi connectivity index (χ0) is 14.0. The Labute approximate surface area is 117 Å². The summed E-state index contributed by atoms with van der Waals surface area (Å²) in [6.07, 6.45) is 0.787. The van der Waals surface area contributed by atoms with Crippen LogP contribution in [0.2, 0.25) is 5.02 Å². The van der Waals surface area contributed by atoms with Gasteiger partial charge in [-0.2, -0.15) is 5.26 Å². The van der Waals surface area contributed by atoms with Crippen LogP contribution >= 0.6 is 11.6 Å². The molecule has 0 saturated heterocycles. The van der Waals surface area contributed by atoms with Crippen LogP contribution in [0, 0.1) is 18.3 Å². The topological polar surface area (TPSA) is 62.7 Å². The van der Waals surface area contributed by atoms with Gasteiger partial charge in [0.05, 0.1) is 0 Å². The van der Waals surface area contributed by atoms with Crippen LogP contribution < -0.4 is 5.73 Å². The highest BCUT2D eigenvalue weighted by Gasteiger charge is 2.16. The Balaban J connectivity index is 2.84. The Morgan fingerprint density at radius 2 is 2.16 bits per heavy atom. The quantitative estimate of drug-likeness (QED) is 0.905. The van der Waals surface area contributed by atoms with Crippen molar-refractivity contribution >= 4 is 17.4 Å². The van der Waals surface area contributed by atoms with Crippen molar-refractivity contribution in [2.45, 2.75) is 20.3 Å². The van der Waals surface area contributed by atoms with Gasteiger partial charge in [0.2, 0.25) is 0 Å². The number of hydrogen-bond donors (Lipinski definition) is 1. The number of benzene rings is 1. The van der Waals surface area contributed by atoms with Gasteiger partial charge in [0, 0.05) is 16.3 Å². The highest BCUT2D eigenvalue weighted by Crippen LogP contribution is 2.33. The molecule has 2 aromatic rings. The third-order valence-electron chi connectivity index (χ3n) is 3.11. The lowest BCUT2D eigenvalue weighted by molar-refractivity contribution is 1.05. The van der Waals surface area contributed by atoms with Gasteiger partial charge >= 0.3 is 0 Å². The first-order valence-corrected chi connectivity index (χ1v) is 6.41. The van der Waals surface area contributed by atoms with Crippen molar-refractivity contribution in [3.8, 4) is 17.2 Å². The first kappa shape index (κ1) is 13.4. The molecule has 1 heterocycles. The van der Waals surface area contributed by atoms with E-state index in [4.69, 9.17) is 17.3 Å². The smallest absolute Gasteiger partial charge is 0.142 e. The average Bonchev–Trinajstić information content (AvgIpc) is 2.38. The van der Waals surface area contributed by atoms with Crippen molar-refractivity contribution in [1.29, 1.82) is 5.26 Å². The second kappa shape index (κ2) is 5.29. The largest absolute Gasteiger partial charge is 0.383 e. The summed E-state index contributed by atoms with van der Waals surface area (Å²) in [5.74, 6) is 0.271. The maximum atomic E-state index is 9.34. The molecule has 4 heteroatoms. The Bertz CT molecular complexity index is 672. The summed E-state index contributed by atoms with van der Waals surface area (Å²) < 4.78 is 0. The third-order valence-corrected chi connectivity index (χ3v) is 3.35. The summed E-state index contributed by atoms with van der Waals surface area (Å²) in [7, 11) is 0. The van der Waals surface area contributed by atoms with E-state index in [0.717, 1.165) is 28.8 Å². The molecule has 0 spiro atoms. The van der Waals surface area contributed by atoms with Crippen LogP contribution in [0.5, 0.6) is 0 Å². The van der Waals surface area contributed by atoms with Crippen molar-refractivity contribution in [2.75, 3.05) is 5.73 Å². The Morgan fingerprint density at radius 1 is 1.42 bits per heavy atom. The van der Waals surface area contributed by atoms with Gasteiger partial charge in [-0.05, 0) is 36.6 Å². The maximum absolute atomic E-state index is 9.34. The third kappa shape index (κ3) is 2.40. The van der Waals surface area contributed by atoms with E-state index in [9.17, 15) is 5.26 Å². The molecule has 2 rings (SSSR count). The lowest BCUT2D eigenvalue weighted by Crippen LogP contribution is -2.04. The van der Waals surface area contributed by atoms with Crippen molar-refractivity contribution < 1.29 is 0 Å². The van der Waals surface area contributed by atoms with Crippen molar-refractivity contribution in [1.82, 2.24) is 4.98 Å². The van der Waals surface area contributed by atoms with Crippen LogP contribution in [0.25, 0.3) is 11.1 Å². The molecular weight excluding hydrogens is 258 g/mol. The first-order valence-electron chi connectivity index (χ1n) is 6.03. The highest BCUT2D eigenvalue weighted by atomic mass is 35.5. The number of nitrogens with zero attached hydrogens (tertiary/aromatic N) is 2. The van der Waals surface area contributed by atoms with Gasteiger partial charge in [0.1, 0.15) is 17.5 Å². The fraction of sp³-hybridized carbons (Fsp3) is 0.200. The summed E-state index contributed by atoms with van der Waals surface area (Å²) in [4.78, 5) is 4.25. The number of pyridine rings is 1. The zero-order valence-electron chi connectivity index (χ0n) is 10.9. The fourth-order valence-corrected chi connectivity index (χ4v) is 2.46. The Kier molecular flexibility index (Phi) is 3.73. The van der Waals surface area contributed by atoms with Gasteiger partial charge in [-0.25, -0.2) is 4.98 Å². The molecule has 0 aliphatic heterocycles. The molecule has 3 nitrogen and oxygen atoms in total. The molecule has 0 amide bonds. The van der Waals surface area contributed by atoms with Crippen LogP contribution in [-0.2, 0) is 6.42 Å². The van der Waals surface area contributed by atoms with Crippen molar-refractivity contribution in [2.24, 2.45) is 0 Å². The van der Waals surface area contributed by atoms with Gasteiger partial charge in [-0.1, -0.05) is 30.7 Å². The van der Waals surface area contributed by atoms with E-state index in [-0.39, 0.29) is 5.82 Å². The summed E-state index contributed by atoms with van der Waals surface area (Å²) in [6.45, 7) is 3.94. The van der Waals surface area contributed by atoms with E-state index in [1.165, 1.54) is 0 Å². The van der Waals surface area contributed by atoms with Gasteiger partial charge < -0.3 is 5.73 Å². The first-order chi connectivity index (χ1) is 9.08. The number of aryl methyl sites for hydroxylation is 1. The molecular formula is C15H14ClN3. The minimum absolute atomic E-state index is 0.271. The number of nitrogens with two attached hydrogens (primary N) is 1. The average molecular weight is 272 g/mol. The van der Waals surface area contributed by atoms with E-state index in [0.29, 0.717) is 10.6 Å². The monoisotopic (exact) mass is 271 g/mol. The van der Waals surface area contributed by atoms with Gasteiger partial charge in [-0.3, -0.25) is 0 Å². The summed E-state index contributed by atoms with van der Waals surface area (Å²) in [6, 6.07) is 9.60. The zero-order valence-corrected chi connectivity index (χ0v) is 11.6. The maximum Gasteiger partial charge on any atom is 0.142 e. The number of anilines is 1. The van der Waals surface area contributed by atoms with E-state index >= 15 is 0 Å². The van der Waals surface area contributed by atoms with Gasteiger partial charge in [-0.15, -0.1) is 0 Å². The van der Waals surface area contributed by atoms with Crippen molar-refractivity contribution in [3.63, 3.8) is 0 Å². The molecule has 1 aromatic carbocycles. The lowest BCUT2D eigenvalue weighted by Gasteiger charge is -2.14. The Hall–Kier alpha value is -2.05. The van der Waals surface area contributed by atoms with Crippen molar-refractivity contribution in [3.05, 3.63) is 46.1 Å². The number of aromatic nitrogens is 1. The highest BCUT2D eigenvalue weighted by molar-refractivity contribution is 6.30. The molecule has 1 aromatic heterocycles. The molecule has 0 aliphatic carbocycles. The van der Waals surface area contributed by atoms with Crippen LogP contribution in [0.15, 0.2) is 24.3 Å². The minimum Gasteiger partial charge on any atom is -0.383 e. The number of nitriles is 1. The molecule has 2 N–H and O–H groups in total. The molecule has 0 bridgehead atoms.